The molecule has 14 aromatic carbocycles. The van der Waals surface area contributed by atoms with Gasteiger partial charge < -0.3 is 9.47 Å². The fourth-order valence-corrected chi connectivity index (χ4v) is 13.9. The molecule has 0 amide bonds. The molecule has 0 bridgehead atoms. The van der Waals surface area contributed by atoms with Gasteiger partial charge in [0.25, 0.3) is 0 Å². The largest absolute Gasteiger partial charge is 0.310 e. The Morgan fingerprint density at radius 1 is 0.253 bits per heavy atom. The van der Waals surface area contributed by atoms with E-state index in [0.717, 1.165) is 39.4 Å². The molecular weight excluding hydrogens is 973 g/mol. The van der Waals surface area contributed by atoms with Gasteiger partial charge in [0.1, 0.15) is 0 Å². The highest BCUT2D eigenvalue weighted by molar-refractivity contribution is 7.27. The number of anilines is 3. The quantitative estimate of drug-likeness (QED) is 0.147. The second kappa shape index (κ2) is 18.3. The first kappa shape index (κ1) is 45.2. The van der Waals surface area contributed by atoms with E-state index >= 15 is 0 Å². The molecular formula is C76H48N2S. The number of para-hydroxylation sites is 2. The lowest BCUT2D eigenvalue weighted by molar-refractivity contribution is 1.18. The maximum atomic E-state index is 2.46. The van der Waals surface area contributed by atoms with Crippen LogP contribution in [-0.2, 0) is 0 Å². The summed E-state index contributed by atoms with van der Waals surface area (Å²) in [4.78, 5) is 2.46. The highest BCUT2D eigenvalue weighted by Gasteiger charge is 2.22. The lowest BCUT2D eigenvalue weighted by atomic mass is 9.93. The molecule has 2 aromatic heterocycles. The first-order valence-corrected chi connectivity index (χ1v) is 27.9. The SMILES string of the molecule is c1ccc(-n2c3ccccc3c3ccc(-c4cc(-c5cc6ccccc6c6c5sc5c7ccccc7ccc56)cc(N(c5ccc(-c6ccc7ccccc7c6)cc5)c5ccc(-c6cccc7ccccc67)cc5)c4)cc32)cc1. The van der Waals surface area contributed by atoms with Crippen LogP contribution in [-0.4, -0.2) is 4.57 Å². The van der Waals surface area contributed by atoms with E-state index in [1.165, 1.54) is 113 Å². The zero-order valence-electron chi connectivity index (χ0n) is 43.0. The molecule has 0 fully saturated rings. The van der Waals surface area contributed by atoms with Crippen LogP contribution in [0.1, 0.15) is 0 Å². The van der Waals surface area contributed by atoms with Crippen molar-refractivity contribution in [2.45, 2.75) is 0 Å². The molecule has 0 N–H and O–H groups in total. The molecule has 0 atom stereocenters. The molecule has 368 valence electrons. The van der Waals surface area contributed by atoms with Crippen LogP contribution in [0.25, 0.3) is 135 Å². The van der Waals surface area contributed by atoms with E-state index < -0.39 is 0 Å². The van der Waals surface area contributed by atoms with E-state index in [9.17, 15) is 0 Å². The van der Waals surface area contributed by atoms with Crippen LogP contribution in [0.15, 0.2) is 291 Å². The van der Waals surface area contributed by atoms with Gasteiger partial charge in [-0.05, 0) is 161 Å². The molecule has 0 aliphatic carbocycles. The molecule has 0 saturated carbocycles. The number of benzene rings is 14. The van der Waals surface area contributed by atoms with Crippen molar-refractivity contribution in [1.29, 1.82) is 0 Å². The van der Waals surface area contributed by atoms with Crippen LogP contribution in [0.5, 0.6) is 0 Å². The topological polar surface area (TPSA) is 8.17 Å². The minimum atomic E-state index is 1.07. The van der Waals surface area contributed by atoms with Gasteiger partial charge in [0.15, 0.2) is 0 Å². The van der Waals surface area contributed by atoms with Crippen molar-refractivity contribution < 1.29 is 0 Å². The summed E-state index contributed by atoms with van der Waals surface area (Å²) in [5, 5.41) is 15.1. The lowest BCUT2D eigenvalue weighted by Crippen LogP contribution is -2.10. The standard InChI is InChI=1S/C76H48N2S/c1-2-21-60(22-3-1)78-72-28-13-12-26-68(72)69-41-36-56(48-73(69)78)58-44-59(71-47-57-19-8-10-24-66(57)74-70-42-35-52-17-7-11-25-67(52)75(70)79-76(71)74)46-63(45-58)77(61-37-31-50(32-38-61)55-30-29-49-15-4-5-18-54(49)43-55)62-39-33-53(34-40-62)65-27-14-20-51-16-6-9-23-64(51)65/h1-48H. The number of hydrogen-bond acceptors (Lipinski definition) is 2. The van der Waals surface area contributed by atoms with E-state index in [1.54, 1.807) is 0 Å². The van der Waals surface area contributed by atoms with Gasteiger partial charge in [0.05, 0.1) is 11.0 Å². The number of fused-ring (bicyclic) bond motifs is 12. The van der Waals surface area contributed by atoms with Gasteiger partial charge in [0.2, 0.25) is 0 Å². The fraction of sp³-hybridized carbons (Fsp3) is 0. The molecule has 0 spiro atoms. The minimum Gasteiger partial charge on any atom is -0.310 e. The zero-order valence-corrected chi connectivity index (χ0v) is 43.8. The summed E-state index contributed by atoms with van der Waals surface area (Å²) in [6.45, 7) is 0. The highest BCUT2D eigenvalue weighted by atomic mass is 32.1. The van der Waals surface area contributed by atoms with E-state index in [4.69, 9.17) is 0 Å². The summed E-state index contributed by atoms with van der Waals surface area (Å²) < 4.78 is 5.04. The van der Waals surface area contributed by atoms with Gasteiger partial charge in [-0.25, -0.2) is 0 Å². The average Bonchev–Trinajstić information content (AvgIpc) is 4.17. The molecule has 16 aromatic rings. The molecule has 0 aliphatic rings. The van der Waals surface area contributed by atoms with Crippen LogP contribution < -0.4 is 4.90 Å². The highest BCUT2D eigenvalue weighted by Crippen LogP contribution is 2.49. The molecule has 0 saturated heterocycles. The van der Waals surface area contributed by atoms with E-state index in [2.05, 4.69) is 301 Å². The third-order valence-electron chi connectivity index (χ3n) is 16.3. The van der Waals surface area contributed by atoms with E-state index in [-0.39, 0.29) is 0 Å². The Morgan fingerprint density at radius 2 is 0.810 bits per heavy atom. The Labute approximate surface area is 461 Å². The molecule has 0 unspecified atom stereocenters. The van der Waals surface area contributed by atoms with E-state index in [1.807, 2.05) is 11.3 Å². The van der Waals surface area contributed by atoms with Gasteiger partial charge >= 0.3 is 0 Å². The summed E-state index contributed by atoms with van der Waals surface area (Å²) in [6.07, 6.45) is 0. The Bertz CT molecular complexity index is 5060. The number of hydrogen-bond donors (Lipinski definition) is 0. The lowest BCUT2D eigenvalue weighted by Gasteiger charge is -2.27. The number of thiophene rings is 1. The van der Waals surface area contributed by atoms with Crippen molar-refractivity contribution in [2.24, 2.45) is 0 Å². The first-order valence-electron chi connectivity index (χ1n) is 27.1. The van der Waals surface area contributed by atoms with Crippen molar-refractivity contribution >= 4 is 113 Å². The zero-order chi connectivity index (χ0) is 52.0. The van der Waals surface area contributed by atoms with Crippen LogP contribution in [0.3, 0.4) is 0 Å². The Kier molecular flexibility index (Phi) is 10.5. The summed E-state index contributed by atoms with van der Waals surface area (Å²) in [7, 11) is 0. The summed E-state index contributed by atoms with van der Waals surface area (Å²) >= 11 is 1.92. The average molecular weight is 1020 g/mol. The van der Waals surface area contributed by atoms with Crippen LogP contribution in [0, 0.1) is 0 Å². The fourth-order valence-electron chi connectivity index (χ4n) is 12.5. The summed E-state index contributed by atoms with van der Waals surface area (Å²) in [5.74, 6) is 0. The van der Waals surface area contributed by atoms with Crippen molar-refractivity contribution in [3.05, 3.63) is 291 Å². The van der Waals surface area contributed by atoms with Gasteiger partial charge in [-0.15, -0.1) is 11.3 Å². The summed E-state index contributed by atoms with van der Waals surface area (Å²) in [5.41, 5.74) is 16.2. The van der Waals surface area contributed by atoms with Crippen molar-refractivity contribution in [1.82, 2.24) is 4.57 Å². The van der Waals surface area contributed by atoms with Crippen LogP contribution in [0.4, 0.5) is 17.1 Å². The number of rotatable bonds is 8. The third kappa shape index (κ3) is 7.54. The molecule has 16 rings (SSSR count). The Morgan fingerprint density at radius 3 is 1.61 bits per heavy atom. The number of nitrogens with zero attached hydrogens (tertiary/aromatic N) is 2. The molecule has 79 heavy (non-hydrogen) atoms. The van der Waals surface area contributed by atoms with E-state index in [0.29, 0.717) is 0 Å². The molecule has 0 radical (unpaired) electrons. The van der Waals surface area contributed by atoms with Gasteiger partial charge in [0, 0.05) is 59.3 Å². The van der Waals surface area contributed by atoms with Gasteiger partial charge in [-0.2, -0.15) is 0 Å². The molecule has 0 aliphatic heterocycles. The molecule has 3 heteroatoms. The van der Waals surface area contributed by atoms with Gasteiger partial charge in [-0.3, -0.25) is 0 Å². The minimum absolute atomic E-state index is 1.07. The maximum absolute atomic E-state index is 2.46. The molecule has 2 heterocycles. The third-order valence-corrected chi connectivity index (χ3v) is 17.6. The molecule has 2 nitrogen and oxygen atoms in total. The normalized spacial score (nSPS) is 11.8. The second-order valence-corrected chi connectivity index (χ2v) is 21.8. The van der Waals surface area contributed by atoms with Crippen molar-refractivity contribution in [3.8, 4) is 50.2 Å². The summed E-state index contributed by atoms with van der Waals surface area (Å²) in [6, 6.07) is 108. The predicted molar refractivity (Wildman–Crippen MR) is 340 cm³/mol. The maximum Gasteiger partial charge on any atom is 0.0547 e. The second-order valence-electron chi connectivity index (χ2n) is 20.8. The predicted octanol–water partition coefficient (Wildman–Crippen LogP) is 21.9. The van der Waals surface area contributed by atoms with Crippen LogP contribution in [0.2, 0.25) is 0 Å². The number of aromatic nitrogens is 1. The monoisotopic (exact) mass is 1020 g/mol. The Hall–Kier alpha value is -10.1. The first-order chi connectivity index (χ1) is 39.1. The van der Waals surface area contributed by atoms with Crippen molar-refractivity contribution in [2.75, 3.05) is 4.90 Å². The van der Waals surface area contributed by atoms with Crippen LogP contribution >= 0.6 is 11.3 Å². The Balaban J connectivity index is 0.954. The van der Waals surface area contributed by atoms with Crippen molar-refractivity contribution in [3.63, 3.8) is 0 Å². The van der Waals surface area contributed by atoms with Gasteiger partial charge in [-0.1, -0.05) is 212 Å². The smallest absolute Gasteiger partial charge is 0.0547 e.